The zero-order valence-corrected chi connectivity index (χ0v) is 16.9. The summed E-state index contributed by atoms with van der Waals surface area (Å²) in [5.41, 5.74) is 2.06. The molecular formula is C24H19N3O5. The molecule has 5 rings (SSSR count). The highest BCUT2D eigenvalue weighted by Gasteiger charge is 2.59. The minimum Gasteiger partial charge on any atom is -0.284 e. The van der Waals surface area contributed by atoms with E-state index in [1.807, 2.05) is 60.7 Å². The second-order valence-electron chi connectivity index (χ2n) is 7.75. The standard InChI is InChI=1S/C24H19N3O5/c28-23-20-21(17-9-5-2-6-10-17)25(15-16-7-3-1-4-8-16)32-22(20)24(29)26(23)18-11-13-19(14-12-18)27(30)31/h1-14,20-22H,15H2/t20-,21+,22+/m1/s1. The first-order valence-corrected chi connectivity index (χ1v) is 10.2. The fraction of sp³-hybridized carbons (Fsp3) is 0.167. The average molecular weight is 429 g/mol. The quantitative estimate of drug-likeness (QED) is 0.349. The van der Waals surface area contributed by atoms with Gasteiger partial charge in [0.05, 0.1) is 22.6 Å². The van der Waals surface area contributed by atoms with Crippen molar-refractivity contribution >= 4 is 23.2 Å². The Labute approximate surface area is 183 Å². The molecule has 2 amide bonds. The van der Waals surface area contributed by atoms with Crippen LogP contribution in [0, 0.1) is 16.0 Å². The monoisotopic (exact) mass is 429 g/mol. The lowest BCUT2D eigenvalue weighted by molar-refractivity contribution is -0.384. The molecule has 2 aliphatic rings. The Bertz CT molecular complexity index is 1170. The fourth-order valence-electron chi connectivity index (χ4n) is 4.37. The second-order valence-corrected chi connectivity index (χ2v) is 7.75. The van der Waals surface area contributed by atoms with E-state index in [2.05, 4.69) is 0 Å². The van der Waals surface area contributed by atoms with E-state index in [-0.39, 0.29) is 11.6 Å². The normalized spacial score (nSPS) is 22.9. The largest absolute Gasteiger partial charge is 0.284 e. The number of carbonyl (C=O) groups is 2. The highest BCUT2D eigenvalue weighted by atomic mass is 16.7. The second kappa shape index (κ2) is 7.99. The highest BCUT2D eigenvalue weighted by molar-refractivity contribution is 6.23. The summed E-state index contributed by atoms with van der Waals surface area (Å²) in [5, 5.41) is 12.7. The maximum absolute atomic E-state index is 13.5. The van der Waals surface area contributed by atoms with E-state index in [9.17, 15) is 19.7 Å². The third-order valence-electron chi connectivity index (χ3n) is 5.84. The van der Waals surface area contributed by atoms with Gasteiger partial charge in [0.15, 0.2) is 6.10 Å². The predicted molar refractivity (Wildman–Crippen MR) is 115 cm³/mol. The summed E-state index contributed by atoms with van der Waals surface area (Å²) in [6.45, 7) is 0.422. The van der Waals surface area contributed by atoms with E-state index < -0.39 is 28.9 Å². The number of hydroxylamine groups is 2. The lowest BCUT2D eigenvalue weighted by Gasteiger charge is -2.27. The minimum absolute atomic E-state index is 0.111. The van der Waals surface area contributed by atoms with Gasteiger partial charge in [0.2, 0.25) is 5.91 Å². The van der Waals surface area contributed by atoms with Gasteiger partial charge in [0.25, 0.3) is 11.6 Å². The van der Waals surface area contributed by atoms with Crippen LogP contribution >= 0.6 is 0 Å². The molecule has 8 nitrogen and oxygen atoms in total. The maximum atomic E-state index is 13.5. The van der Waals surface area contributed by atoms with E-state index >= 15 is 0 Å². The molecule has 0 radical (unpaired) electrons. The third-order valence-corrected chi connectivity index (χ3v) is 5.84. The molecule has 0 saturated carbocycles. The van der Waals surface area contributed by atoms with Crippen molar-refractivity contribution in [3.8, 4) is 0 Å². The number of nitro groups is 1. The Morgan fingerprint density at radius 1 is 0.844 bits per heavy atom. The smallest absolute Gasteiger partial charge is 0.269 e. The Hall–Kier alpha value is -3.88. The minimum atomic E-state index is -0.952. The van der Waals surface area contributed by atoms with Gasteiger partial charge >= 0.3 is 0 Å². The van der Waals surface area contributed by atoms with Crippen LogP contribution in [0.25, 0.3) is 0 Å². The first kappa shape index (κ1) is 20.0. The van der Waals surface area contributed by atoms with Crippen molar-refractivity contribution in [1.29, 1.82) is 0 Å². The lowest BCUT2D eigenvalue weighted by atomic mass is 9.90. The zero-order valence-electron chi connectivity index (χ0n) is 16.9. The summed E-state index contributed by atoms with van der Waals surface area (Å²) in [4.78, 5) is 44.2. The van der Waals surface area contributed by atoms with Crippen molar-refractivity contribution in [2.24, 2.45) is 5.92 Å². The van der Waals surface area contributed by atoms with Gasteiger partial charge in [-0.3, -0.25) is 24.5 Å². The number of fused-ring (bicyclic) bond motifs is 1. The van der Waals surface area contributed by atoms with Crippen LogP contribution in [0.15, 0.2) is 84.9 Å². The summed E-state index contributed by atoms with van der Waals surface area (Å²) in [6, 6.07) is 24.1. The van der Waals surface area contributed by atoms with Crippen LogP contribution < -0.4 is 4.90 Å². The van der Waals surface area contributed by atoms with Gasteiger partial charge < -0.3 is 0 Å². The average Bonchev–Trinajstić information content (AvgIpc) is 3.30. The van der Waals surface area contributed by atoms with Crippen molar-refractivity contribution in [3.05, 3.63) is 106 Å². The first-order valence-electron chi connectivity index (χ1n) is 10.2. The van der Waals surface area contributed by atoms with Gasteiger partial charge in [-0.15, -0.1) is 0 Å². The molecular weight excluding hydrogens is 410 g/mol. The molecule has 2 saturated heterocycles. The topological polar surface area (TPSA) is 93.0 Å². The number of rotatable bonds is 5. The van der Waals surface area contributed by atoms with Crippen LogP contribution in [-0.2, 0) is 21.0 Å². The number of imide groups is 1. The van der Waals surface area contributed by atoms with Crippen LogP contribution in [0.4, 0.5) is 11.4 Å². The summed E-state index contributed by atoms with van der Waals surface area (Å²) >= 11 is 0. The number of nitro benzene ring substituents is 1. The van der Waals surface area contributed by atoms with Gasteiger partial charge in [-0.05, 0) is 23.3 Å². The number of anilines is 1. The molecule has 3 aromatic carbocycles. The molecule has 160 valence electrons. The lowest BCUT2D eigenvalue weighted by Crippen LogP contribution is -2.37. The highest BCUT2D eigenvalue weighted by Crippen LogP contribution is 2.46. The number of carbonyl (C=O) groups excluding carboxylic acids is 2. The molecule has 0 bridgehead atoms. The van der Waals surface area contributed by atoms with Gasteiger partial charge in [0.1, 0.15) is 0 Å². The van der Waals surface area contributed by atoms with E-state index in [1.165, 1.54) is 24.3 Å². The number of hydrogen-bond acceptors (Lipinski definition) is 6. The van der Waals surface area contributed by atoms with Crippen molar-refractivity contribution in [2.45, 2.75) is 18.7 Å². The molecule has 0 N–H and O–H groups in total. The Morgan fingerprint density at radius 3 is 2.09 bits per heavy atom. The SMILES string of the molecule is O=C1[C@H]2[C@H](ON(Cc3ccccc3)[C@H]2c2ccccc2)C(=O)N1c1ccc([N+](=O)[O-])cc1. The molecule has 2 heterocycles. The van der Waals surface area contributed by atoms with Crippen LogP contribution in [0.3, 0.4) is 0 Å². The molecule has 8 heteroatoms. The van der Waals surface area contributed by atoms with E-state index in [4.69, 9.17) is 4.84 Å². The van der Waals surface area contributed by atoms with Crippen molar-refractivity contribution in [1.82, 2.24) is 5.06 Å². The molecule has 0 spiro atoms. The Kier molecular flexibility index (Phi) is 5.01. The summed E-state index contributed by atoms with van der Waals surface area (Å²) in [5.74, 6) is -1.56. The molecule has 2 fully saturated rings. The summed E-state index contributed by atoms with van der Waals surface area (Å²) in [6.07, 6.45) is -0.952. The van der Waals surface area contributed by atoms with Crippen molar-refractivity contribution < 1.29 is 19.3 Å². The molecule has 32 heavy (non-hydrogen) atoms. The van der Waals surface area contributed by atoms with Gasteiger partial charge in [-0.1, -0.05) is 60.7 Å². The number of benzene rings is 3. The van der Waals surface area contributed by atoms with Gasteiger partial charge in [-0.25, -0.2) is 4.90 Å². The zero-order chi connectivity index (χ0) is 22.2. The molecule has 0 aromatic heterocycles. The van der Waals surface area contributed by atoms with Crippen LogP contribution in [0.1, 0.15) is 17.2 Å². The Morgan fingerprint density at radius 2 is 1.47 bits per heavy atom. The van der Waals surface area contributed by atoms with E-state index in [0.717, 1.165) is 16.0 Å². The van der Waals surface area contributed by atoms with Gasteiger partial charge in [0, 0.05) is 18.7 Å². The molecule has 2 aliphatic heterocycles. The number of hydrogen-bond donors (Lipinski definition) is 0. The van der Waals surface area contributed by atoms with Crippen LogP contribution in [0.2, 0.25) is 0 Å². The van der Waals surface area contributed by atoms with E-state index in [1.54, 1.807) is 5.06 Å². The van der Waals surface area contributed by atoms with Crippen molar-refractivity contribution in [3.63, 3.8) is 0 Å². The predicted octanol–water partition coefficient (Wildman–Crippen LogP) is 3.64. The molecule has 0 unspecified atom stereocenters. The number of amides is 2. The van der Waals surface area contributed by atoms with Crippen LogP contribution in [0.5, 0.6) is 0 Å². The number of non-ortho nitro benzene ring substituents is 1. The summed E-state index contributed by atoms with van der Waals surface area (Å²) < 4.78 is 0. The number of nitrogens with zero attached hydrogens (tertiary/aromatic N) is 3. The molecule has 0 aliphatic carbocycles. The summed E-state index contributed by atoms with van der Waals surface area (Å²) in [7, 11) is 0. The molecule has 3 atom stereocenters. The van der Waals surface area contributed by atoms with Crippen LogP contribution in [-0.4, -0.2) is 27.9 Å². The van der Waals surface area contributed by atoms with E-state index in [0.29, 0.717) is 12.2 Å². The van der Waals surface area contributed by atoms with Crippen molar-refractivity contribution in [2.75, 3.05) is 4.90 Å². The maximum Gasteiger partial charge on any atom is 0.269 e. The fourth-order valence-corrected chi connectivity index (χ4v) is 4.37. The molecule has 3 aromatic rings. The Balaban J connectivity index is 1.49. The van der Waals surface area contributed by atoms with Gasteiger partial charge in [-0.2, -0.15) is 5.06 Å². The first-order chi connectivity index (χ1) is 15.5. The third kappa shape index (κ3) is 3.35.